The van der Waals surface area contributed by atoms with Crippen LogP contribution in [0.15, 0.2) is 12.1 Å². The normalized spacial score (nSPS) is 20.2. The van der Waals surface area contributed by atoms with Crippen LogP contribution >= 0.6 is 0 Å². The Labute approximate surface area is 84.3 Å². The molecule has 0 aromatic heterocycles. The predicted octanol–water partition coefficient (Wildman–Crippen LogP) is 2.69. The Morgan fingerprint density at radius 2 is 2.07 bits per heavy atom. The van der Waals surface area contributed by atoms with Gasteiger partial charge in [-0.3, -0.25) is 4.79 Å². The van der Waals surface area contributed by atoms with Crippen molar-refractivity contribution >= 4 is 11.5 Å². The molecule has 2 nitrogen and oxygen atoms in total. The summed E-state index contributed by atoms with van der Waals surface area (Å²) in [5, 5.41) is 3.36. The summed E-state index contributed by atoms with van der Waals surface area (Å²) >= 11 is 0. The van der Waals surface area contributed by atoms with Gasteiger partial charge in [-0.1, -0.05) is 6.07 Å². The first-order valence-corrected chi connectivity index (χ1v) is 4.99. The third kappa shape index (κ3) is 1.41. The van der Waals surface area contributed by atoms with Gasteiger partial charge in [-0.15, -0.1) is 0 Å². The molecule has 0 bridgehead atoms. The van der Waals surface area contributed by atoms with Crippen LogP contribution in [0.25, 0.3) is 0 Å². The van der Waals surface area contributed by atoms with Gasteiger partial charge in [-0.25, -0.2) is 0 Å². The van der Waals surface area contributed by atoms with Gasteiger partial charge in [0.25, 0.3) is 0 Å². The quantitative estimate of drug-likeness (QED) is 0.679. The standard InChI is InChI=1S/C12H15NO/c1-7-4-8(2)12-10(5-7)11(14)6-9(3)13-12/h4-5,9,13H,6H2,1-3H3. The molecule has 0 amide bonds. The number of anilines is 1. The minimum absolute atomic E-state index is 0.261. The molecule has 14 heavy (non-hydrogen) atoms. The summed E-state index contributed by atoms with van der Waals surface area (Å²) in [5.41, 5.74) is 4.21. The second kappa shape index (κ2) is 3.12. The van der Waals surface area contributed by atoms with Crippen molar-refractivity contribution in [2.45, 2.75) is 33.2 Å². The number of hydrogen-bond acceptors (Lipinski definition) is 2. The molecule has 0 radical (unpaired) electrons. The number of hydrogen-bond donors (Lipinski definition) is 1. The number of rotatable bonds is 0. The van der Waals surface area contributed by atoms with E-state index in [1.165, 1.54) is 5.56 Å². The average Bonchev–Trinajstić information content (AvgIpc) is 2.07. The fraction of sp³-hybridized carbons (Fsp3) is 0.417. The Bertz CT molecular complexity index is 396. The fourth-order valence-electron chi connectivity index (χ4n) is 2.06. The molecule has 1 heterocycles. The average molecular weight is 189 g/mol. The maximum atomic E-state index is 11.8. The molecule has 0 fully saturated rings. The Morgan fingerprint density at radius 1 is 1.36 bits per heavy atom. The van der Waals surface area contributed by atoms with Crippen LogP contribution in [-0.4, -0.2) is 11.8 Å². The summed E-state index contributed by atoms with van der Waals surface area (Å²) in [6.45, 7) is 6.11. The lowest BCUT2D eigenvalue weighted by molar-refractivity contribution is 0.0974. The van der Waals surface area contributed by atoms with Crippen molar-refractivity contribution in [3.05, 3.63) is 28.8 Å². The lowest BCUT2D eigenvalue weighted by atomic mass is 9.93. The van der Waals surface area contributed by atoms with E-state index in [4.69, 9.17) is 0 Å². The minimum atomic E-state index is 0.261. The van der Waals surface area contributed by atoms with E-state index < -0.39 is 0 Å². The zero-order valence-corrected chi connectivity index (χ0v) is 8.85. The molecule has 1 aliphatic rings. The monoisotopic (exact) mass is 189 g/mol. The van der Waals surface area contributed by atoms with E-state index in [0.29, 0.717) is 6.42 Å². The third-order valence-corrected chi connectivity index (χ3v) is 2.66. The van der Waals surface area contributed by atoms with Crippen LogP contribution in [0.2, 0.25) is 0 Å². The van der Waals surface area contributed by atoms with E-state index in [1.54, 1.807) is 0 Å². The molecule has 0 aliphatic carbocycles. The second-order valence-electron chi connectivity index (χ2n) is 4.18. The van der Waals surface area contributed by atoms with Crippen LogP contribution in [0.3, 0.4) is 0 Å². The molecule has 2 rings (SSSR count). The molecular formula is C12H15NO. The number of fused-ring (bicyclic) bond motifs is 1. The largest absolute Gasteiger partial charge is 0.381 e. The van der Waals surface area contributed by atoms with Gasteiger partial charge >= 0.3 is 0 Å². The van der Waals surface area contributed by atoms with Crippen molar-refractivity contribution < 1.29 is 4.79 Å². The number of ketones is 1. The van der Waals surface area contributed by atoms with Crippen LogP contribution in [0.4, 0.5) is 5.69 Å². The van der Waals surface area contributed by atoms with E-state index in [0.717, 1.165) is 16.8 Å². The molecule has 1 aromatic carbocycles. The van der Waals surface area contributed by atoms with E-state index in [-0.39, 0.29) is 11.8 Å². The number of carbonyl (C=O) groups is 1. The summed E-state index contributed by atoms with van der Waals surface area (Å²) in [6.07, 6.45) is 0.607. The van der Waals surface area contributed by atoms with E-state index in [2.05, 4.69) is 11.4 Å². The van der Waals surface area contributed by atoms with Gasteiger partial charge in [0.2, 0.25) is 0 Å². The maximum absolute atomic E-state index is 11.8. The first-order valence-electron chi connectivity index (χ1n) is 4.99. The molecule has 1 unspecified atom stereocenters. The van der Waals surface area contributed by atoms with Crippen molar-refractivity contribution in [2.75, 3.05) is 5.32 Å². The summed E-state index contributed by atoms with van der Waals surface area (Å²) < 4.78 is 0. The molecule has 0 saturated heterocycles. The molecule has 74 valence electrons. The Hall–Kier alpha value is -1.31. The number of nitrogens with one attached hydrogen (secondary N) is 1. The molecule has 1 aromatic rings. The molecule has 2 heteroatoms. The number of aryl methyl sites for hydroxylation is 2. The number of Topliss-reactive ketones (excluding diaryl/α,β-unsaturated/α-hetero) is 1. The maximum Gasteiger partial charge on any atom is 0.167 e. The van der Waals surface area contributed by atoms with Crippen LogP contribution in [-0.2, 0) is 0 Å². The zero-order chi connectivity index (χ0) is 10.3. The molecule has 0 saturated carbocycles. The summed E-state index contributed by atoms with van der Waals surface area (Å²) in [7, 11) is 0. The highest BCUT2D eigenvalue weighted by atomic mass is 16.1. The molecular weight excluding hydrogens is 174 g/mol. The van der Waals surface area contributed by atoms with Gasteiger partial charge in [0, 0.05) is 23.7 Å². The topological polar surface area (TPSA) is 29.1 Å². The van der Waals surface area contributed by atoms with Gasteiger partial charge in [-0.2, -0.15) is 0 Å². The van der Waals surface area contributed by atoms with Gasteiger partial charge in [0.1, 0.15) is 0 Å². The number of carbonyl (C=O) groups excluding carboxylic acids is 1. The van der Waals surface area contributed by atoms with Gasteiger partial charge in [0.05, 0.1) is 0 Å². The Morgan fingerprint density at radius 3 is 2.79 bits per heavy atom. The lowest BCUT2D eigenvalue weighted by Gasteiger charge is -2.25. The molecule has 0 spiro atoms. The van der Waals surface area contributed by atoms with E-state index in [1.807, 2.05) is 26.8 Å². The van der Waals surface area contributed by atoms with Crippen LogP contribution in [0, 0.1) is 13.8 Å². The van der Waals surface area contributed by atoms with Gasteiger partial charge in [-0.05, 0) is 38.0 Å². The highest BCUT2D eigenvalue weighted by Crippen LogP contribution is 2.29. The third-order valence-electron chi connectivity index (χ3n) is 2.66. The smallest absolute Gasteiger partial charge is 0.167 e. The van der Waals surface area contributed by atoms with Crippen molar-refractivity contribution in [1.82, 2.24) is 0 Å². The molecule has 1 N–H and O–H groups in total. The SMILES string of the molecule is Cc1cc(C)c2c(c1)C(=O)CC(C)N2. The van der Waals surface area contributed by atoms with Crippen LogP contribution < -0.4 is 5.32 Å². The second-order valence-corrected chi connectivity index (χ2v) is 4.18. The van der Waals surface area contributed by atoms with Crippen molar-refractivity contribution in [2.24, 2.45) is 0 Å². The van der Waals surface area contributed by atoms with Crippen LogP contribution in [0.1, 0.15) is 34.8 Å². The summed E-state index contributed by atoms with van der Waals surface area (Å²) in [6, 6.07) is 4.34. The predicted molar refractivity (Wildman–Crippen MR) is 57.9 cm³/mol. The van der Waals surface area contributed by atoms with Crippen molar-refractivity contribution in [1.29, 1.82) is 0 Å². The fourth-order valence-corrected chi connectivity index (χ4v) is 2.06. The Kier molecular flexibility index (Phi) is 2.06. The highest BCUT2D eigenvalue weighted by Gasteiger charge is 2.22. The van der Waals surface area contributed by atoms with Gasteiger partial charge in [0.15, 0.2) is 5.78 Å². The molecule has 1 atom stereocenters. The van der Waals surface area contributed by atoms with Gasteiger partial charge < -0.3 is 5.32 Å². The van der Waals surface area contributed by atoms with E-state index in [9.17, 15) is 4.79 Å². The summed E-state index contributed by atoms with van der Waals surface area (Å²) in [4.78, 5) is 11.8. The van der Waals surface area contributed by atoms with Crippen LogP contribution in [0.5, 0.6) is 0 Å². The Balaban J connectivity index is 2.59. The summed E-state index contributed by atoms with van der Waals surface area (Å²) in [5.74, 6) is 0.262. The minimum Gasteiger partial charge on any atom is -0.381 e. The first kappa shape index (κ1) is 9.25. The van der Waals surface area contributed by atoms with Crippen molar-refractivity contribution in [3.8, 4) is 0 Å². The van der Waals surface area contributed by atoms with Crippen molar-refractivity contribution in [3.63, 3.8) is 0 Å². The van der Waals surface area contributed by atoms with E-state index >= 15 is 0 Å². The highest BCUT2D eigenvalue weighted by molar-refractivity contribution is 6.04. The molecule has 1 aliphatic heterocycles. The number of benzene rings is 1. The zero-order valence-electron chi connectivity index (χ0n) is 8.85. The lowest BCUT2D eigenvalue weighted by Crippen LogP contribution is -2.27. The first-order chi connectivity index (χ1) is 6.58.